The van der Waals surface area contributed by atoms with E-state index in [0.29, 0.717) is 19.8 Å². The Kier molecular flexibility index (Phi) is 9.44. The van der Waals surface area contributed by atoms with Crippen molar-refractivity contribution in [3.05, 3.63) is 52.0 Å². The molecule has 34 heavy (non-hydrogen) atoms. The zero-order valence-electron chi connectivity index (χ0n) is 19.2. The summed E-state index contributed by atoms with van der Waals surface area (Å²) in [6.45, 7) is 5.79. The number of ether oxygens (including phenoxy) is 2. The SMILES string of the molecule is COc1ccc(C)cc1S(=O)(=O)N(CC(=O)NCCCN1CCOCC1)c1ccc(Cl)c(Cl)c1. The molecule has 1 amide bonds. The summed E-state index contributed by atoms with van der Waals surface area (Å²) in [6.07, 6.45) is 0.747. The van der Waals surface area contributed by atoms with Crippen LogP contribution in [-0.4, -0.2) is 72.3 Å². The molecule has 1 heterocycles. The van der Waals surface area contributed by atoms with Gasteiger partial charge >= 0.3 is 0 Å². The van der Waals surface area contributed by atoms with E-state index in [1.54, 1.807) is 19.1 Å². The zero-order valence-corrected chi connectivity index (χ0v) is 21.5. The van der Waals surface area contributed by atoms with Gasteiger partial charge in [0.05, 0.1) is 36.1 Å². The number of nitrogens with zero attached hydrogens (tertiary/aromatic N) is 2. The second-order valence-corrected chi connectivity index (χ2v) is 10.6. The Hall–Kier alpha value is -2.04. The lowest BCUT2D eigenvalue weighted by molar-refractivity contribution is -0.119. The summed E-state index contributed by atoms with van der Waals surface area (Å²) in [5, 5.41) is 3.28. The molecule has 1 N–H and O–H groups in total. The largest absolute Gasteiger partial charge is 0.495 e. The third-order valence-corrected chi connectivity index (χ3v) is 7.98. The van der Waals surface area contributed by atoms with E-state index in [1.165, 1.54) is 31.4 Å². The maximum atomic E-state index is 13.7. The number of halogens is 2. The normalized spacial score (nSPS) is 14.6. The number of rotatable bonds is 10. The summed E-state index contributed by atoms with van der Waals surface area (Å²) in [4.78, 5) is 15.0. The van der Waals surface area contributed by atoms with Gasteiger partial charge in [0.15, 0.2) is 0 Å². The minimum Gasteiger partial charge on any atom is -0.495 e. The Morgan fingerprint density at radius 3 is 2.56 bits per heavy atom. The van der Waals surface area contributed by atoms with Gasteiger partial charge in [0.2, 0.25) is 5.91 Å². The molecule has 1 aliphatic heterocycles. The van der Waals surface area contributed by atoms with Crippen LogP contribution in [0, 0.1) is 6.92 Å². The number of anilines is 1. The number of hydrogen-bond donors (Lipinski definition) is 1. The maximum absolute atomic E-state index is 13.7. The molecule has 0 bridgehead atoms. The fraction of sp³-hybridized carbons (Fsp3) is 0.435. The second kappa shape index (κ2) is 12.1. The highest BCUT2D eigenvalue weighted by atomic mass is 35.5. The summed E-state index contributed by atoms with van der Waals surface area (Å²) in [5.41, 5.74) is 0.961. The number of carbonyl (C=O) groups is 1. The highest BCUT2D eigenvalue weighted by molar-refractivity contribution is 7.93. The fourth-order valence-electron chi connectivity index (χ4n) is 3.60. The van der Waals surface area contributed by atoms with Crippen molar-refractivity contribution in [2.24, 2.45) is 0 Å². The minimum atomic E-state index is -4.17. The lowest BCUT2D eigenvalue weighted by atomic mass is 10.2. The highest BCUT2D eigenvalue weighted by Gasteiger charge is 2.30. The number of methoxy groups -OCH3 is 1. The zero-order chi connectivity index (χ0) is 24.7. The van der Waals surface area contributed by atoms with Crippen LogP contribution in [0.4, 0.5) is 5.69 Å². The molecule has 11 heteroatoms. The predicted octanol–water partition coefficient (Wildman–Crippen LogP) is 3.34. The van der Waals surface area contributed by atoms with Crippen molar-refractivity contribution in [3.63, 3.8) is 0 Å². The van der Waals surface area contributed by atoms with Gasteiger partial charge in [-0.3, -0.25) is 14.0 Å². The Morgan fingerprint density at radius 2 is 1.88 bits per heavy atom. The summed E-state index contributed by atoms with van der Waals surface area (Å²) < 4.78 is 39.1. The van der Waals surface area contributed by atoms with Crippen LogP contribution in [0.1, 0.15) is 12.0 Å². The molecule has 0 atom stereocenters. The van der Waals surface area contributed by atoms with Gasteiger partial charge in [0.1, 0.15) is 17.2 Å². The molecule has 3 rings (SSSR count). The number of carbonyl (C=O) groups excluding carboxylic acids is 1. The molecule has 0 aromatic heterocycles. The predicted molar refractivity (Wildman–Crippen MR) is 134 cm³/mol. The lowest BCUT2D eigenvalue weighted by Gasteiger charge is -2.27. The third-order valence-electron chi connectivity index (χ3n) is 5.44. The van der Waals surface area contributed by atoms with Gasteiger partial charge in [0, 0.05) is 19.6 Å². The van der Waals surface area contributed by atoms with E-state index in [2.05, 4.69) is 10.2 Å². The number of benzene rings is 2. The summed E-state index contributed by atoms with van der Waals surface area (Å²) in [6, 6.07) is 9.28. The molecule has 0 aliphatic carbocycles. The van der Waals surface area contributed by atoms with E-state index in [1.807, 2.05) is 0 Å². The number of aryl methyl sites for hydroxylation is 1. The van der Waals surface area contributed by atoms with Crippen molar-refractivity contribution in [1.29, 1.82) is 0 Å². The molecule has 0 spiro atoms. The molecular weight excluding hydrogens is 501 g/mol. The average molecular weight is 530 g/mol. The summed E-state index contributed by atoms with van der Waals surface area (Å²) in [7, 11) is -2.77. The van der Waals surface area contributed by atoms with Crippen LogP contribution in [0.2, 0.25) is 10.0 Å². The molecular formula is C23H29Cl2N3O5S. The third kappa shape index (κ3) is 6.76. The maximum Gasteiger partial charge on any atom is 0.268 e. The monoisotopic (exact) mass is 529 g/mol. The van der Waals surface area contributed by atoms with Gasteiger partial charge in [0.25, 0.3) is 10.0 Å². The summed E-state index contributed by atoms with van der Waals surface area (Å²) >= 11 is 12.2. The Balaban J connectivity index is 1.79. The standard InChI is InChI=1S/C23H29Cl2N3O5S/c1-17-4-7-21(32-2)22(14-17)34(30,31)28(18-5-6-19(24)20(25)15-18)16-23(29)26-8-3-9-27-10-12-33-13-11-27/h4-7,14-15H,3,8-13,16H2,1-2H3,(H,26,29). The smallest absolute Gasteiger partial charge is 0.268 e. The first-order chi connectivity index (χ1) is 16.2. The first-order valence-corrected chi connectivity index (χ1v) is 13.1. The van der Waals surface area contributed by atoms with Crippen molar-refractivity contribution in [2.45, 2.75) is 18.2 Å². The van der Waals surface area contributed by atoms with Crippen molar-refractivity contribution in [2.75, 3.05) is 57.4 Å². The van der Waals surface area contributed by atoms with Crippen LogP contribution >= 0.6 is 23.2 Å². The number of nitrogens with one attached hydrogen (secondary N) is 1. The Bertz CT molecular complexity index is 1110. The van der Waals surface area contributed by atoms with Crippen molar-refractivity contribution in [3.8, 4) is 5.75 Å². The number of morpholine rings is 1. The van der Waals surface area contributed by atoms with E-state index in [9.17, 15) is 13.2 Å². The van der Waals surface area contributed by atoms with Gasteiger partial charge in [-0.15, -0.1) is 0 Å². The van der Waals surface area contributed by atoms with Gasteiger partial charge < -0.3 is 14.8 Å². The molecule has 2 aromatic rings. The molecule has 0 unspecified atom stereocenters. The van der Waals surface area contributed by atoms with Gasteiger partial charge in [-0.1, -0.05) is 29.3 Å². The van der Waals surface area contributed by atoms with Crippen LogP contribution in [0.15, 0.2) is 41.3 Å². The van der Waals surface area contributed by atoms with Crippen LogP contribution in [0.25, 0.3) is 0 Å². The van der Waals surface area contributed by atoms with Gasteiger partial charge in [-0.2, -0.15) is 0 Å². The van der Waals surface area contributed by atoms with Crippen LogP contribution < -0.4 is 14.4 Å². The Morgan fingerprint density at radius 1 is 1.15 bits per heavy atom. The lowest BCUT2D eigenvalue weighted by Crippen LogP contribution is -2.42. The number of hydrogen-bond acceptors (Lipinski definition) is 6. The Labute approximate surface area is 210 Å². The van der Waals surface area contributed by atoms with E-state index in [0.717, 1.165) is 35.9 Å². The minimum absolute atomic E-state index is 0.0406. The molecule has 8 nitrogen and oxygen atoms in total. The van der Waals surface area contributed by atoms with Crippen molar-refractivity contribution in [1.82, 2.24) is 10.2 Å². The molecule has 1 aliphatic rings. The van der Waals surface area contributed by atoms with E-state index >= 15 is 0 Å². The van der Waals surface area contributed by atoms with Crippen molar-refractivity contribution < 1.29 is 22.7 Å². The highest BCUT2D eigenvalue weighted by Crippen LogP contribution is 2.33. The topological polar surface area (TPSA) is 88.2 Å². The van der Waals surface area contributed by atoms with Crippen molar-refractivity contribution >= 4 is 44.8 Å². The molecule has 0 saturated carbocycles. The fourth-order valence-corrected chi connectivity index (χ4v) is 5.55. The quantitative estimate of drug-likeness (QED) is 0.475. The van der Waals surface area contributed by atoms with Gasteiger partial charge in [-0.25, -0.2) is 8.42 Å². The van der Waals surface area contributed by atoms with Crippen LogP contribution in [0.5, 0.6) is 5.75 Å². The number of sulfonamides is 1. The molecule has 2 aromatic carbocycles. The molecule has 186 valence electrons. The van der Waals surface area contributed by atoms with Gasteiger partial charge in [-0.05, 0) is 55.8 Å². The van der Waals surface area contributed by atoms with Crippen LogP contribution in [-0.2, 0) is 19.6 Å². The van der Waals surface area contributed by atoms with E-state index in [-0.39, 0.29) is 26.4 Å². The van der Waals surface area contributed by atoms with Crippen LogP contribution in [0.3, 0.4) is 0 Å². The first kappa shape index (κ1) is 26.6. The second-order valence-electron chi connectivity index (χ2n) is 7.92. The molecule has 0 radical (unpaired) electrons. The average Bonchev–Trinajstić information content (AvgIpc) is 2.82. The molecule has 1 fully saturated rings. The van der Waals surface area contributed by atoms with E-state index in [4.69, 9.17) is 32.7 Å². The summed E-state index contributed by atoms with van der Waals surface area (Å²) in [5.74, 6) is -0.246. The first-order valence-electron chi connectivity index (χ1n) is 10.9. The molecule has 1 saturated heterocycles. The number of amides is 1. The van der Waals surface area contributed by atoms with E-state index < -0.39 is 22.5 Å².